The van der Waals surface area contributed by atoms with Crippen molar-refractivity contribution in [1.29, 1.82) is 0 Å². The molecule has 0 aliphatic carbocycles. The average molecular weight is 306 g/mol. The predicted octanol–water partition coefficient (Wildman–Crippen LogP) is 1.64. The van der Waals surface area contributed by atoms with Gasteiger partial charge in [-0.15, -0.1) is 0 Å². The van der Waals surface area contributed by atoms with Crippen molar-refractivity contribution in [1.82, 2.24) is 14.9 Å². The van der Waals surface area contributed by atoms with E-state index in [0.717, 1.165) is 6.54 Å². The van der Waals surface area contributed by atoms with Crippen molar-refractivity contribution in [2.75, 3.05) is 33.0 Å². The van der Waals surface area contributed by atoms with E-state index in [-0.39, 0.29) is 0 Å². The summed E-state index contributed by atoms with van der Waals surface area (Å²) in [5.41, 5.74) is 6.60. The third-order valence-corrected chi connectivity index (χ3v) is 3.92. The van der Waals surface area contributed by atoms with Crippen LogP contribution in [0, 0.1) is 0 Å². The molecule has 2 unspecified atom stereocenters. The normalized spacial score (nSPS) is 22.7. The number of alkyl halides is 1. The minimum atomic E-state index is -1.07. The van der Waals surface area contributed by atoms with E-state index in [2.05, 4.69) is 9.97 Å². The summed E-state index contributed by atoms with van der Waals surface area (Å²) in [6.07, 6.45) is 0.395. The highest BCUT2D eigenvalue weighted by Gasteiger charge is 2.30. The van der Waals surface area contributed by atoms with Gasteiger partial charge in [0, 0.05) is 13.1 Å². The second-order valence-corrected chi connectivity index (χ2v) is 5.47. The van der Waals surface area contributed by atoms with Crippen LogP contribution in [0.5, 0.6) is 11.5 Å². The number of anilines is 1. The lowest BCUT2D eigenvalue weighted by molar-refractivity contribution is 0.0308. The van der Waals surface area contributed by atoms with Crippen molar-refractivity contribution in [3.63, 3.8) is 0 Å². The molecule has 2 aromatic rings. The van der Waals surface area contributed by atoms with Crippen molar-refractivity contribution in [2.45, 2.75) is 18.7 Å². The minimum absolute atomic E-state index is 0.294. The molecule has 118 valence electrons. The van der Waals surface area contributed by atoms with E-state index in [1.165, 1.54) is 13.4 Å². The van der Waals surface area contributed by atoms with E-state index in [1.807, 2.05) is 11.9 Å². The van der Waals surface area contributed by atoms with Gasteiger partial charge in [-0.1, -0.05) is 0 Å². The molecule has 7 heteroatoms. The molecule has 2 atom stereocenters. The zero-order valence-electron chi connectivity index (χ0n) is 12.6. The Hall–Kier alpha value is -2.15. The largest absolute Gasteiger partial charge is 0.493 e. The van der Waals surface area contributed by atoms with Gasteiger partial charge in [0.25, 0.3) is 0 Å². The number of nitrogens with zero attached hydrogens (tertiary/aromatic N) is 3. The number of fused-ring (bicyclic) bond motifs is 1. The first-order valence-corrected chi connectivity index (χ1v) is 7.16. The summed E-state index contributed by atoms with van der Waals surface area (Å²) in [7, 11) is 3.43. The molecular weight excluding hydrogens is 287 g/mol. The van der Waals surface area contributed by atoms with Crippen LogP contribution in [0.25, 0.3) is 10.9 Å². The molecule has 3 rings (SSSR count). The summed E-state index contributed by atoms with van der Waals surface area (Å²) in [4.78, 5) is 10.1. The molecule has 1 saturated heterocycles. The van der Waals surface area contributed by atoms with Gasteiger partial charge in [-0.3, -0.25) is 0 Å². The fraction of sp³-hybridized carbons (Fsp3) is 0.467. The highest BCUT2D eigenvalue weighted by Crippen LogP contribution is 2.38. The Balaban J connectivity index is 2.01. The molecule has 1 fully saturated rings. The Morgan fingerprint density at radius 2 is 2.18 bits per heavy atom. The van der Waals surface area contributed by atoms with Gasteiger partial charge >= 0.3 is 0 Å². The molecule has 2 heterocycles. The molecule has 0 amide bonds. The van der Waals surface area contributed by atoms with Gasteiger partial charge in [0.1, 0.15) is 24.4 Å². The molecule has 1 aromatic carbocycles. The first kappa shape index (κ1) is 14.8. The number of nitrogen functional groups attached to an aromatic ring is 1. The SMILES string of the molecule is COc1ccc2ncnc(N)c2c1OC1CCN(C)CC1F. The highest BCUT2D eigenvalue weighted by atomic mass is 19.1. The third kappa shape index (κ3) is 2.64. The first-order chi connectivity index (χ1) is 10.6. The number of benzene rings is 1. The molecule has 0 saturated carbocycles. The van der Waals surface area contributed by atoms with Gasteiger partial charge in [0.05, 0.1) is 18.0 Å². The second-order valence-electron chi connectivity index (χ2n) is 5.47. The predicted molar refractivity (Wildman–Crippen MR) is 81.9 cm³/mol. The number of piperidine rings is 1. The lowest BCUT2D eigenvalue weighted by Crippen LogP contribution is -2.45. The fourth-order valence-corrected chi connectivity index (χ4v) is 2.72. The summed E-state index contributed by atoms with van der Waals surface area (Å²) in [6.45, 7) is 1.13. The van der Waals surface area contributed by atoms with Crippen LogP contribution in [0.1, 0.15) is 6.42 Å². The van der Waals surface area contributed by atoms with Crippen molar-refractivity contribution in [3.05, 3.63) is 18.5 Å². The second kappa shape index (κ2) is 5.92. The van der Waals surface area contributed by atoms with Gasteiger partial charge in [-0.05, 0) is 25.6 Å². The lowest BCUT2D eigenvalue weighted by Gasteiger charge is -2.32. The zero-order valence-corrected chi connectivity index (χ0v) is 12.6. The molecule has 1 aliphatic heterocycles. The molecule has 0 spiro atoms. The Morgan fingerprint density at radius 3 is 2.91 bits per heavy atom. The summed E-state index contributed by atoms with van der Waals surface area (Å²) < 4.78 is 25.5. The maximum absolute atomic E-state index is 14.3. The number of halogens is 1. The molecule has 6 nitrogen and oxygen atoms in total. The highest BCUT2D eigenvalue weighted by molar-refractivity contribution is 5.95. The van der Waals surface area contributed by atoms with Crippen LogP contribution in [-0.4, -0.2) is 54.4 Å². The number of methoxy groups -OCH3 is 1. The Bertz CT molecular complexity index is 682. The third-order valence-electron chi connectivity index (χ3n) is 3.92. The molecule has 0 radical (unpaired) electrons. The monoisotopic (exact) mass is 306 g/mol. The van der Waals surface area contributed by atoms with E-state index < -0.39 is 12.3 Å². The summed E-state index contributed by atoms with van der Waals surface area (Å²) in [5, 5.41) is 0.563. The molecule has 1 aliphatic rings. The van der Waals surface area contributed by atoms with Crippen molar-refractivity contribution in [2.24, 2.45) is 0 Å². The number of nitrogens with two attached hydrogens (primary N) is 1. The summed E-state index contributed by atoms with van der Waals surface area (Å²) >= 11 is 0. The molecule has 22 heavy (non-hydrogen) atoms. The van der Waals surface area contributed by atoms with Crippen LogP contribution in [-0.2, 0) is 0 Å². The summed E-state index contributed by atoms with van der Waals surface area (Å²) in [5.74, 6) is 1.21. The Morgan fingerprint density at radius 1 is 1.36 bits per heavy atom. The van der Waals surface area contributed by atoms with Crippen molar-refractivity contribution < 1.29 is 13.9 Å². The smallest absolute Gasteiger partial charge is 0.174 e. The number of aromatic nitrogens is 2. The average Bonchev–Trinajstić information content (AvgIpc) is 2.50. The van der Waals surface area contributed by atoms with Gasteiger partial charge in [-0.2, -0.15) is 0 Å². The number of hydrogen-bond acceptors (Lipinski definition) is 6. The molecule has 2 N–H and O–H groups in total. The minimum Gasteiger partial charge on any atom is -0.493 e. The number of likely N-dealkylation sites (tertiary alicyclic amines) is 1. The van der Waals surface area contributed by atoms with E-state index in [0.29, 0.717) is 41.2 Å². The van der Waals surface area contributed by atoms with E-state index in [1.54, 1.807) is 12.1 Å². The lowest BCUT2D eigenvalue weighted by atomic mass is 10.1. The number of hydrogen-bond donors (Lipinski definition) is 1. The Labute approximate surface area is 128 Å². The first-order valence-electron chi connectivity index (χ1n) is 7.16. The van der Waals surface area contributed by atoms with Crippen LogP contribution in [0.15, 0.2) is 18.5 Å². The topological polar surface area (TPSA) is 73.5 Å². The van der Waals surface area contributed by atoms with E-state index >= 15 is 0 Å². The van der Waals surface area contributed by atoms with E-state index in [9.17, 15) is 4.39 Å². The summed E-state index contributed by atoms with van der Waals surface area (Å²) in [6, 6.07) is 3.52. The van der Waals surface area contributed by atoms with Gasteiger partial charge in [0.15, 0.2) is 11.5 Å². The van der Waals surface area contributed by atoms with Gasteiger partial charge < -0.3 is 20.1 Å². The molecule has 0 bridgehead atoms. The molecular formula is C15H19FN4O2. The standard InChI is InChI=1S/C15H19FN4O2/c1-20-6-5-11(9(16)7-20)22-14-12(21-2)4-3-10-13(14)15(17)19-8-18-10/h3-4,8-9,11H,5-7H2,1-2H3,(H2,17,18,19). The maximum atomic E-state index is 14.3. The van der Waals surface area contributed by atoms with Crippen LogP contribution in [0.2, 0.25) is 0 Å². The van der Waals surface area contributed by atoms with Crippen LogP contribution < -0.4 is 15.2 Å². The van der Waals surface area contributed by atoms with Crippen molar-refractivity contribution >= 4 is 16.7 Å². The Kier molecular flexibility index (Phi) is 3.98. The van der Waals surface area contributed by atoms with Crippen LogP contribution in [0.3, 0.4) is 0 Å². The fourth-order valence-electron chi connectivity index (χ4n) is 2.72. The van der Waals surface area contributed by atoms with Crippen LogP contribution >= 0.6 is 0 Å². The van der Waals surface area contributed by atoms with E-state index in [4.69, 9.17) is 15.2 Å². The van der Waals surface area contributed by atoms with Crippen molar-refractivity contribution in [3.8, 4) is 11.5 Å². The zero-order chi connectivity index (χ0) is 15.7. The van der Waals surface area contributed by atoms with Crippen LogP contribution in [0.4, 0.5) is 10.2 Å². The van der Waals surface area contributed by atoms with Gasteiger partial charge in [-0.25, -0.2) is 14.4 Å². The maximum Gasteiger partial charge on any atom is 0.174 e. The molecule has 1 aromatic heterocycles. The van der Waals surface area contributed by atoms with Gasteiger partial charge in [0.2, 0.25) is 0 Å². The number of ether oxygens (including phenoxy) is 2. The number of rotatable bonds is 3. The quantitative estimate of drug-likeness (QED) is 0.929.